The molecule has 30 heavy (non-hydrogen) atoms. The van der Waals surface area contributed by atoms with Crippen molar-refractivity contribution in [2.24, 2.45) is 0 Å². The van der Waals surface area contributed by atoms with E-state index in [1.807, 2.05) is 48.5 Å². The van der Waals surface area contributed by atoms with Crippen LogP contribution in [0.2, 0.25) is 5.02 Å². The van der Waals surface area contributed by atoms with Gasteiger partial charge in [0, 0.05) is 5.02 Å². The monoisotopic (exact) mass is 416 g/mol. The van der Waals surface area contributed by atoms with Gasteiger partial charge in [-0.25, -0.2) is 13.9 Å². The van der Waals surface area contributed by atoms with Gasteiger partial charge in [0.25, 0.3) is 5.56 Å². The third kappa shape index (κ3) is 3.11. The van der Waals surface area contributed by atoms with E-state index in [1.165, 1.54) is 9.08 Å². The molecule has 0 aliphatic rings. The molecule has 0 radical (unpaired) electrons. The summed E-state index contributed by atoms with van der Waals surface area (Å²) >= 11 is 6.09. The molecule has 0 saturated heterocycles. The number of fused-ring (bicyclic) bond motifs is 3. The van der Waals surface area contributed by atoms with E-state index in [0.717, 1.165) is 11.1 Å². The van der Waals surface area contributed by atoms with E-state index >= 15 is 0 Å². The van der Waals surface area contributed by atoms with E-state index in [2.05, 4.69) is 5.10 Å². The van der Waals surface area contributed by atoms with Gasteiger partial charge in [0.15, 0.2) is 0 Å². The third-order valence-corrected chi connectivity index (χ3v) is 5.32. The first-order valence-corrected chi connectivity index (χ1v) is 9.89. The highest BCUT2D eigenvalue weighted by molar-refractivity contribution is 6.30. The number of aromatic nitrogens is 4. The van der Waals surface area contributed by atoms with Crippen LogP contribution in [-0.4, -0.2) is 18.7 Å². The normalized spacial score (nSPS) is 11.4. The van der Waals surface area contributed by atoms with Gasteiger partial charge in [-0.15, -0.1) is 5.10 Å². The van der Waals surface area contributed by atoms with Gasteiger partial charge in [0.1, 0.15) is 0 Å². The summed E-state index contributed by atoms with van der Waals surface area (Å²) in [5, 5.41) is 5.60. The van der Waals surface area contributed by atoms with E-state index in [1.54, 1.807) is 34.9 Å². The van der Waals surface area contributed by atoms with Gasteiger partial charge in [0.2, 0.25) is 5.78 Å². The molecule has 3 aromatic carbocycles. The van der Waals surface area contributed by atoms with Crippen LogP contribution in [0.5, 0.6) is 0 Å². The minimum Gasteiger partial charge on any atom is -0.272 e. The molecular formula is C23H17ClN4O2. The summed E-state index contributed by atoms with van der Waals surface area (Å²) in [7, 11) is 0. The molecule has 0 amide bonds. The first kappa shape index (κ1) is 18.4. The standard InChI is InChI=1S/C23H17ClN4O2/c24-18-10-6-9-17(13-18)15-27-23(30)28-20-12-5-4-11-19(20)21(29)26(22(28)25-27)14-16-7-2-1-3-8-16/h1-13H,14-15H2. The Hall–Kier alpha value is -3.64. The zero-order chi connectivity index (χ0) is 20.7. The van der Waals surface area contributed by atoms with Crippen LogP contribution in [0.4, 0.5) is 0 Å². The van der Waals surface area contributed by atoms with Crippen LogP contribution in [0.15, 0.2) is 88.5 Å². The van der Waals surface area contributed by atoms with Gasteiger partial charge in [-0.1, -0.05) is 66.2 Å². The van der Waals surface area contributed by atoms with E-state index in [9.17, 15) is 9.59 Å². The molecule has 2 heterocycles. The van der Waals surface area contributed by atoms with Crippen molar-refractivity contribution in [1.82, 2.24) is 18.7 Å². The Morgan fingerprint density at radius 2 is 1.53 bits per heavy atom. The van der Waals surface area contributed by atoms with Crippen LogP contribution in [0.25, 0.3) is 16.7 Å². The van der Waals surface area contributed by atoms with Crippen molar-refractivity contribution in [2.75, 3.05) is 0 Å². The number of para-hydroxylation sites is 1. The summed E-state index contributed by atoms with van der Waals surface area (Å²) in [4.78, 5) is 26.5. The number of hydrogen-bond acceptors (Lipinski definition) is 3. The van der Waals surface area contributed by atoms with Crippen LogP contribution in [0, 0.1) is 0 Å². The molecule has 0 spiro atoms. The van der Waals surface area contributed by atoms with Crippen LogP contribution in [0.1, 0.15) is 11.1 Å². The Bertz CT molecular complexity index is 1500. The van der Waals surface area contributed by atoms with Gasteiger partial charge in [-0.2, -0.15) is 0 Å². The fourth-order valence-corrected chi connectivity index (χ4v) is 3.90. The van der Waals surface area contributed by atoms with Gasteiger partial charge in [-0.05, 0) is 35.4 Å². The van der Waals surface area contributed by atoms with E-state index in [-0.39, 0.29) is 17.8 Å². The van der Waals surface area contributed by atoms with Gasteiger partial charge in [0.05, 0.1) is 24.0 Å². The molecule has 0 saturated carbocycles. The maximum absolute atomic E-state index is 13.3. The first-order chi connectivity index (χ1) is 14.6. The van der Waals surface area contributed by atoms with Gasteiger partial charge in [-0.3, -0.25) is 9.36 Å². The molecule has 0 unspecified atom stereocenters. The zero-order valence-corrected chi connectivity index (χ0v) is 16.7. The molecule has 6 nitrogen and oxygen atoms in total. The highest BCUT2D eigenvalue weighted by atomic mass is 35.5. The SMILES string of the molecule is O=c1c2ccccc2n2c(=O)n(Cc3cccc(Cl)c3)nc2n1Cc1ccccc1. The highest BCUT2D eigenvalue weighted by Gasteiger charge is 2.17. The number of rotatable bonds is 4. The second-order valence-electron chi connectivity index (χ2n) is 7.10. The maximum atomic E-state index is 13.3. The molecule has 0 bridgehead atoms. The molecule has 148 valence electrons. The Kier molecular flexibility index (Phi) is 4.48. The minimum absolute atomic E-state index is 0.179. The van der Waals surface area contributed by atoms with Crippen molar-refractivity contribution >= 4 is 28.3 Å². The molecule has 0 atom stereocenters. The lowest BCUT2D eigenvalue weighted by Gasteiger charge is -2.09. The summed E-state index contributed by atoms with van der Waals surface area (Å²) < 4.78 is 4.42. The predicted molar refractivity (Wildman–Crippen MR) is 117 cm³/mol. The largest absolute Gasteiger partial charge is 0.352 e. The van der Waals surface area contributed by atoms with Crippen LogP contribution >= 0.6 is 11.6 Å². The molecule has 2 aromatic heterocycles. The quantitative estimate of drug-likeness (QED) is 0.450. The lowest BCUT2D eigenvalue weighted by Crippen LogP contribution is -2.27. The third-order valence-electron chi connectivity index (χ3n) is 5.09. The van der Waals surface area contributed by atoms with Crippen molar-refractivity contribution in [1.29, 1.82) is 0 Å². The molecule has 5 rings (SSSR count). The second kappa shape index (κ2) is 7.31. The van der Waals surface area contributed by atoms with Crippen molar-refractivity contribution in [3.8, 4) is 0 Å². The molecule has 5 aromatic rings. The van der Waals surface area contributed by atoms with Crippen LogP contribution in [-0.2, 0) is 13.1 Å². The first-order valence-electron chi connectivity index (χ1n) is 9.51. The smallest absolute Gasteiger partial charge is 0.272 e. The fourth-order valence-electron chi connectivity index (χ4n) is 3.69. The number of benzene rings is 3. The van der Waals surface area contributed by atoms with Gasteiger partial charge >= 0.3 is 5.69 Å². The number of nitrogens with zero attached hydrogens (tertiary/aromatic N) is 4. The Balaban J connectivity index is 1.77. The average Bonchev–Trinajstić information content (AvgIpc) is 3.08. The maximum Gasteiger partial charge on any atom is 0.352 e. The molecule has 0 N–H and O–H groups in total. The highest BCUT2D eigenvalue weighted by Crippen LogP contribution is 2.14. The van der Waals surface area contributed by atoms with E-state index < -0.39 is 0 Å². The van der Waals surface area contributed by atoms with Crippen LogP contribution in [0.3, 0.4) is 0 Å². The number of hydrogen-bond donors (Lipinski definition) is 0. The summed E-state index contributed by atoms with van der Waals surface area (Å²) in [5.74, 6) is 0.314. The summed E-state index contributed by atoms with van der Waals surface area (Å²) in [6.45, 7) is 0.580. The molecule has 0 aliphatic carbocycles. The lowest BCUT2D eigenvalue weighted by molar-refractivity contribution is 0.654. The van der Waals surface area contributed by atoms with Gasteiger partial charge < -0.3 is 0 Å². The Morgan fingerprint density at radius 1 is 0.800 bits per heavy atom. The second-order valence-corrected chi connectivity index (χ2v) is 7.54. The summed E-state index contributed by atoms with van der Waals surface area (Å²) in [5.41, 5.74) is 1.87. The van der Waals surface area contributed by atoms with Crippen LogP contribution < -0.4 is 11.2 Å². The Labute approximate surface area is 176 Å². The summed E-state index contributed by atoms with van der Waals surface area (Å²) in [6, 6.07) is 24.1. The molecule has 0 fully saturated rings. The predicted octanol–water partition coefficient (Wildman–Crippen LogP) is 3.56. The molecule has 0 aliphatic heterocycles. The van der Waals surface area contributed by atoms with Crippen molar-refractivity contribution in [3.63, 3.8) is 0 Å². The molecule has 7 heteroatoms. The summed E-state index contributed by atoms with van der Waals surface area (Å²) in [6.07, 6.45) is 0. The lowest BCUT2D eigenvalue weighted by atomic mass is 10.2. The minimum atomic E-state index is -0.303. The van der Waals surface area contributed by atoms with Crippen molar-refractivity contribution < 1.29 is 0 Å². The van der Waals surface area contributed by atoms with Crippen molar-refractivity contribution in [3.05, 3.63) is 116 Å². The zero-order valence-electron chi connectivity index (χ0n) is 15.9. The van der Waals surface area contributed by atoms with E-state index in [0.29, 0.717) is 28.2 Å². The average molecular weight is 417 g/mol. The fraction of sp³-hybridized carbons (Fsp3) is 0.0870. The van der Waals surface area contributed by atoms with E-state index in [4.69, 9.17) is 11.6 Å². The molecular weight excluding hydrogens is 400 g/mol. The number of halogens is 1. The Morgan fingerprint density at radius 3 is 2.33 bits per heavy atom. The topological polar surface area (TPSA) is 61.3 Å². The van der Waals surface area contributed by atoms with Crippen molar-refractivity contribution in [2.45, 2.75) is 13.1 Å².